The fraction of sp³-hybridized carbons (Fsp3) is 0.381. The van der Waals surface area contributed by atoms with E-state index in [1.807, 2.05) is 30.3 Å². The fourth-order valence-electron chi connectivity index (χ4n) is 2.98. The van der Waals surface area contributed by atoms with Crippen molar-refractivity contribution in [3.63, 3.8) is 0 Å². The molecular formula is C21H26N2O2S. The predicted octanol–water partition coefficient (Wildman–Crippen LogP) is 3.28. The smallest absolute Gasteiger partial charge is 0.230 e. The highest BCUT2D eigenvalue weighted by molar-refractivity contribution is 8.00. The highest BCUT2D eigenvalue weighted by atomic mass is 32.2. The summed E-state index contributed by atoms with van der Waals surface area (Å²) in [7, 11) is 0. The summed E-state index contributed by atoms with van der Waals surface area (Å²) in [6.45, 7) is 6.24. The van der Waals surface area contributed by atoms with Crippen molar-refractivity contribution in [1.29, 1.82) is 0 Å². The summed E-state index contributed by atoms with van der Waals surface area (Å²) < 4.78 is 5.44. The van der Waals surface area contributed by atoms with Crippen molar-refractivity contribution in [2.24, 2.45) is 0 Å². The van der Waals surface area contributed by atoms with Crippen LogP contribution in [0, 0.1) is 6.92 Å². The average Bonchev–Trinajstić information content (AvgIpc) is 2.68. The zero-order chi connectivity index (χ0) is 18.2. The van der Waals surface area contributed by atoms with E-state index in [0.29, 0.717) is 5.75 Å². The van der Waals surface area contributed by atoms with Crippen LogP contribution in [-0.4, -0.2) is 49.4 Å². The zero-order valence-corrected chi connectivity index (χ0v) is 16.0. The molecule has 0 radical (unpaired) electrons. The second-order valence-electron chi connectivity index (χ2n) is 6.55. The number of aryl methyl sites for hydroxylation is 1. The van der Waals surface area contributed by atoms with E-state index in [-0.39, 0.29) is 11.9 Å². The predicted molar refractivity (Wildman–Crippen MR) is 106 cm³/mol. The van der Waals surface area contributed by atoms with Crippen LogP contribution in [-0.2, 0) is 9.53 Å². The number of nitrogens with zero attached hydrogens (tertiary/aromatic N) is 1. The average molecular weight is 371 g/mol. The van der Waals surface area contributed by atoms with Gasteiger partial charge in [-0.3, -0.25) is 9.69 Å². The number of rotatable bonds is 7. The van der Waals surface area contributed by atoms with Crippen LogP contribution in [0.2, 0.25) is 0 Å². The largest absolute Gasteiger partial charge is 0.379 e. The Bertz CT molecular complexity index is 685. The highest BCUT2D eigenvalue weighted by Gasteiger charge is 2.20. The lowest BCUT2D eigenvalue weighted by molar-refractivity contribution is -0.119. The number of amides is 1. The summed E-state index contributed by atoms with van der Waals surface area (Å²) in [6, 6.07) is 18.5. The first-order valence-electron chi connectivity index (χ1n) is 9.04. The van der Waals surface area contributed by atoms with Gasteiger partial charge in [0.05, 0.1) is 25.0 Å². The molecular weight excluding hydrogens is 344 g/mol. The number of benzene rings is 2. The number of hydrogen-bond donors (Lipinski definition) is 1. The Hall–Kier alpha value is -1.82. The van der Waals surface area contributed by atoms with Gasteiger partial charge in [-0.1, -0.05) is 48.0 Å². The standard InChI is InChI=1S/C21H26N2O2S/c1-17-7-9-18(10-8-17)20(15-23-11-13-25-14-12-23)22-21(24)16-26-19-5-3-2-4-6-19/h2-10,20H,11-16H2,1H3,(H,22,24)/t20-/m0/s1. The molecule has 26 heavy (non-hydrogen) atoms. The minimum atomic E-state index is -0.00225. The molecule has 1 heterocycles. The normalized spacial score (nSPS) is 16.2. The molecule has 2 aromatic rings. The number of nitrogens with one attached hydrogen (secondary N) is 1. The van der Waals surface area contributed by atoms with Gasteiger partial charge < -0.3 is 10.1 Å². The zero-order valence-electron chi connectivity index (χ0n) is 15.2. The van der Waals surface area contributed by atoms with Crippen LogP contribution in [0.25, 0.3) is 0 Å². The van der Waals surface area contributed by atoms with Crippen molar-refractivity contribution in [2.45, 2.75) is 17.9 Å². The Morgan fingerprint density at radius 2 is 1.81 bits per heavy atom. The first kappa shape index (κ1) is 19.0. The maximum absolute atomic E-state index is 12.5. The van der Waals surface area contributed by atoms with Gasteiger partial charge in [0.2, 0.25) is 5.91 Å². The first-order chi connectivity index (χ1) is 12.7. The molecule has 1 atom stereocenters. The fourth-order valence-corrected chi connectivity index (χ4v) is 3.71. The van der Waals surface area contributed by atoms with E-state index in [1.54, 1.807) is 11.8 Å². The minimum absolute atomic E-state index is 0.00225. The summed E-state index contributed by atoms with van der Waals surface area (Å²) in [6.07, 6.45) is 0. The Morgan fingerprint density at radius 1 is 1.12 bits per heavy atom. The SMILES string of the molecule is Cc1ccc([C@H](CN2CCOCC2)NC(=O)CSc2ccccc2)cc1. The molecule has 0 aromatic heterocycles. The lowest BCUT2D eigenvalue weighted by Gasteiger charge is -2.31. The number of carbonyl (C=O) groups is 1. The van der Waals surface area contributed by atoms with E-state index in [9.17, 15) is 4.79 Å². The van der Waals surface area contributed by atoms with Crippen molar-refractivity contribution in [2.75, 3.05) is 38.6 Å². The summed E-state index contributed by atoms with van der Waals surface area (Å²) in [5.74, 6) is 0.493. The van der Waals surface area contributed by atoms with Crippen LogP contribution >= 0.6 is 11.8 Å². The molecule has 2 aromatic carbocycles. The third-order valence-corrected chi connectivity index (χ3v) is 5.48. The minimum Gasteiger partial charge on any atom is -0.379 e. The van der Waals surface area contributed by atoms with E-state index in [2.05, 4.69) is 41.4 Å². The number of morpholine rings is 1. The maximum atomic E-state index is 12.5. The Kier molecular flexibility index (Phi) is 7.12. The number of hydrogen-bond acceptors (Lipinski definition) is 4. The van der Waals surface area contributed by atoms with Gasteiger partial charge in [0, 0.05) is 24.5 Å². The number of ether oxygens (including phenoxy) is 1. The molecule has 1 saturated heterocycles. The molecule has 1 aliphatic heterocycles. The van der Waals surface area contributed by atoms with Crippen molar-refractivity contribution >= 4 is 17.7 Å². The van der Waals surface area contributed by atoms with Crippen LogP contribution in [0.15, 0.2) is 59.5 Å². The van der Waals surface area contributed by atoms with Gasteiger partial charge in [0.25, 0.3) is 0 Å². The molecule has 1 fully saturated rings. The summed E-state index contributed by atoms with van der Waals surface area (Å²) in [4.78, 5) is 16.0. The summed E-state index contributed by atoms with van der Waals surface area (Å²) >= 11 is 1.57. The van der Waals surface area contributed by atoms with Crippen molar-refractivity contribution in [3.8, 4) is 0 Å². The van der Waals surface area contributed by atoms with E-state index in [0.717, 1.165) is 43.3 Å². The van der Waals surface area contributed by atoms with Gasteiger partial charge in [-0.05, 0) is 24.6 Å². The Labute approximate surface area is 159 Å². The van der Waals surface area contributed by atoms with Crippen molar-refractivity contribution in [3.05, 3.63) is 65.7 Å². The third kappa shape index (κ3) is 5.87. The maximum Gasteiger partial charge on any atom is 0.230 e. The van der Waals surface area contributed by atoms with E-state index in [4.69, 9.17) is 4.74 Å². The molecule has 1 N–H and O–H groups in total. The van der Waals surface area contributed by atoms with Gasteiger partial charge in [-0.15, -0.1) is 11.8 Å². The van der Waals surface area contributed by atoms with Gasteiger partial charge in [-0.25, -0.2) is 0 Å². The van der Waals surface area contributed by atoms with Crippen molar-refractivity contribution < 1.29 is 9.53 Å². The lowest BCUT2D eigenvalue weighted by atomic mass is 10.0. The van der Waals surface area contributed by atoms with E-state index >= 15 is 0 Å². The number of thioether (sulfide) groups is 1. The van der Waals surface area contributed by atoms with Crippen molar-refractivity contribution in [1.82, 2.24) is 10.2 Å². The van der Waals surface area contributed by atoms with Crippen LogP contribution in [0.3, 0.4) is 0 Å². The van der Waals surface area contributed by atoms with Gasteiger partial charge >= 0.3 is 0 Å². The second kappa shape index (κ2) is 9.76. The molecule has 4 nitrogen and oxygen atoms in total. The number of carbonyl (C=O) groups excluding carboxylic acids is 1. The molecule has 0 saturated carbocycles. The van der Waals surface area contributed by atoms with Gasteiger partial charge in [0.15, 0.2) is 0 Å². The van der Waals surface area contributed by atoms with Crippen LogP contribution in [0.1, 0.15) is 17.2 Å². The van der Waals surface area contributed by atoms with Crippen LogP contribution in [0.5, 0.6) is 0 Å². The van der Waals surface area contributed by atoms with Gasteiger partial charge in [0.1, 0.15) is 0 Å². The third-order valence-electron chi connectivity index (χ3n) is 4.47. The lowest BCUT2D eigenvalue weighted by Crippen LogP contribution is -2.43. The van der Waals surface area contributed by atoms with E-state index < -0.39 is 0 Å². The molecule has 0 aliphatic carbocycles. The molecule has 138 valence electrons. The molecule has 1 aliphatic rings. The molecule has 0 bridgehead atoms. The molecule has 3 rings (SSSR count). The molecule has 1 amide bonds. The Morgan fingerprint density at radius 3 is 2.50 bits per heavy atom. The summed E-state index contributed by atoms with van der Waals surface area (Å²) in [5.41, 5.74) is 2.38. The summed E-state index contributed by atoms with van der Waals surface area (Å²) in [5, 5.41) is 3.23. The monoisotopic (exact) mass is 370 g/mol. The first-order valence-corrected chi connectivity index (χ1v) is 10.0. The molecule has 5 heteroatoms. The topological polar surface area (TPSA) is 41.6 Å². The molecule has 0 spiro atoms. The van der Waals surface area contributed by atoms with Crippen LogP contribution < -0.4 is 5.32 Å². The van der Waals surface area contributed by atoms with Gasteiger partial charge in [-0.2, -0.15) is 0 Å². The highest BCUT2D eigenvalue weighted by Crippen LogP contribution is 2.19. The van der Waals surface area contributed by atoms with E-state index in [1.165, 1.54) is 5.56 Å². The second-order valence-corrected chi connectivity index (χ2v) is 7.59. The van der Waals surface area contributed by atoms with Crippen LogP contribution in [0.4, 0.5) is 0 Å². The molecule has 0 unspecified atom stereocenters. The quantitative estimate of drug-likeness (QED) is 0.760. The Balaban J connectivity index is 1.62.